The lowest BCUT2D eigenvalue weighted by Gasteiger charge is -2.18. The van der Waals surface area contributed by atoms with E-state index in [0.717, 1.165) is 59.6 Å². The summed E-state index contributed by atoms with van der Waals surface area (Å²) in [5.41, 5.74) is 5.36. The molecule has 0 aliphatic carbocycles. The van der Waals surface area contributed by atoms with Crippen molar-refractivity contribution in [2.45, 2.75) is 27.3 Å². The summed E-state index contributed by atoms with van der Waals surface area (Å²) in [6, 6.07) is 9.44. The smallest absolute Gasteiger partial charge is 0.293 e. The van der Waals surface area contributed by atoms with Gasteiger partial charge in [-0.15, -0.1) is 0 Å². The summed E-state index contributed by atoms with van der Waals surface area (Å²) in [4.78, 5) is 13.6. The summed E-state index contributed by atoms with van der Waals surface area (Å²) >= 11 is 0. The van der Waals surface area contributed by atoms with Crippen LogP contribution in [0.3, 0.4) is 0 Å². The molecule has 1 aliphatic rings. The summed E-state index contributed by atoms with van der Waals surface area (Å²) in [6.45, 7) is 9.95. The zero-order valence-corrected chi connectivity index (χ0v) is 19.3. The monoisotopic (exact) mass is 461 g/mol. The van der Waals surface area contributed by atoms with E-state index in [4.69, 9.17) is 9.65 Å². The molecule has 10 nitrogen and oxygen atoms in total. The third-order valence-electron chi connectivity index (χ3n) is 5.31. The molecular formula is C21H27N5O5S. The van der Waals surface area contributed by atoms with Gasteiger partial charge in [0.2, 0.25) is 0 Å². The normalized spacial score (nSPS) is 12.2. The summed E-state index contributed by atoms with van der Waals surface area (Å²) in [6.07, 6.45) is 0.715. The minimum absolute atomic E-state index is 0.0817. The Balaban J connectivity index is 0.000000523. The predicted octanol–water partition coefficient (Wildman–Crippen LogP) is 3.82. The quantitative estimate of drug-likeness (QED) is 0.252. The molecule has 32 heavy (non-hydrogen) atoms. The van der Waals surface area contributed by atoms with Gasteiger partial charge in [-0.1, -0.05) is 25.5 Å². The van der Waals surface area contributed by atoms with Crippen LogP contribution < -0.4 is 5.32 Å². The Bertz CT molecular complexity index is 1260. The first-order valence-electron chi connectivity index (χ1n) is 10.2. The molecule has 172 valence electrons. The topological polar surface area (TPSA) is 131 Å². The molecule has 1 aliphatic heterocycles. The molecule has 0 saturated heterocycles. The van der Waals surface area contributed by atoms with E-state index in [1.807, 2.05) is 29.8 Å². The Hall–Kier alpha value is -3.02. The molecule has 0 bridgehead atoms. The lowest BCUT2D eigenvalue weighted by molar-refractivity contribution is -0.383. The van der Waals surface area contributed by atoms with Gasteiger partial charge in [-0.05, 0) is 38.2 Å². The number of rotatable bonds is 6. The summed E-state index contributed by atoms with van der Waals surface area (Å²) in [7, 11) is -3.67. The van der Waals surface area contributed by atoms with Gasteiger partial charge in [-0.3, -0.25) is 19.3 Å². The molecule has 2 heterocycles. The maximum Gasteiger partial charge on any atom is 0.293 e. The molecule has 3 aromatic rings. The maximum atomic E-state index is 11.6. The zero-order chi connectivity index (χ0) is 23.6. The molecule has 0 amide bonds. The lowest BCUT2D eigenvalue weighted by Crippen LogP contribution is -2.27. The van der Waals surface area contributed by atoms with Crippen molar-refractivity contribution < 1.29 is 17.9 Å². The Morgan fingerprint density at radius 1 is 1.22 bits per heavy atom. The number of hydrogen-bond donors (Lipinski definition) is 2. The van der Waals surface area contributed by atoms with Crippen molar-refractivity contribution >= 4 is 38.1 Å². The number of aryl methyl sites for hydroxylation is 1. The van der Waals surface area contributed by atoms with E-state index in [0.29, 0.717) is 11.9 Å². The Labute approximate surface area is 186 Å². The van der Waals surface area contributed by atoms with Gasteiger partial charge < -0.3 is 10.2 Å². The molecule has 4 rings (SSSR count). The minimum atomic E-state index is -3.67. The third-order valence-corrected chi connectivity index (χ3v) is 5.31. The molecule has 2 aromatic carbocycles. The van der Waals surface area contributed by atoms with Gasteiger partial charge in [0, 0.05) is 23.9 Å². The molecular weight excluding hydrogens is 434 g/mol. The standard InChI is InChI=1S/C20H23N5O2.CH4O3S/c1-4-23(5-2)10-11-24-16-8-9-17(25(26)27)20-18(16)19(22-24)14-12-13(3)6-7-15(14)21-20;1-5(2,3)4/h6-9,12,21H,4-5,10-11H2,1-3H3;1H3,(H,2,3,4). The van der Waals surface area contributed by atoms with E-state index >= 15 is 0 Å². The second-order valence-electron chi connectivity index (χ2n) is 7.62. The van der Waals surface area contributed by atoms with Crippen molar-refractivity contribution in [2.24, 2.45) is 0 Å². The van der Waals surface area contributed by atoms with Crippen molar-refractivity contribution in [3.63, 3.8) is 0 Å². The largest absolute Gasteiger partial charge is 0.349 e. The molecule has 0 unspecified atom stereocenters. The van der Waals surface area contributed by atoms with E-state index in [1.54, 1.807) is 6.07 Å². The molecule has 0 atom stereocenters. The number of fused-ring (bicyclic) bond motifs is 2. The number of nitro benzene ring substituents is 1. The van der Waals surface area contributed by atoms with Crippen LogP contribution >= 0.6 is 0 Å². The van der Waals surface area contributed by atoms with Gasteiger partial charge in [0.05, 0.1) is 28.6 Å². The fourth-order valence-electron chi connectivity index (χ4n) is 3.77. The number of nitrogens with zero attached hydrogens (tertiary/aromatic N) is 4. The van der Waals surface area contributed by atoms with Gasteiger partial charge in [-0.2, -0.15) is 13.5 Å². The third kappa shape index (κ3) is 5.06. The first-order chi connectivity index (χ1) is 15.0. The highest BCUT2D eigenvalue weighted by Gasteiger charge is 2.29. The first-order valence-corrected chi connectivity index (χ1v) is 12.1. The summed E-state index contributed by atoms with van der Waals surface area (Å²) < 4.78 is 27.8. The van der Waals surface area contributed by atoms with E-state index in [2.05, 4.69) is 30.1 Å². The zero-order valence-electron chi connectivity index (χ0n) is 18.5. The van der Waals surface area contributed by atoms with Crippen LogP contribution in [0, 0.1) is 17.0 Å². The molecule has 0 fully saturated rings. The van der Waals surface area contributed by atoms with Crippen LogP contribution in [0.5, 0.6) is 0 Å². The van der Waals surface area contributed by atoms with Crippen LogP contribution in [0.2, 0.25) is 0 Å². The van der Waals surface area contributed by atoms with Crippen LogP contribution in [0.1, 0.15) is 19.4 Å². The highest BCUT2D eigenvalue weighted by Crippen LogP contribution is 2.47. The molecule has 0 saturated carbocycles. The van der Waals surface area contributed by atoms with Crippen molar-refractivity contribution in [2.75, 3.05) is 31.2 Å². The van der Waals surface area contributed by atoms with Crippen molar-refractivity contribution in [1.82, 2.24) is 14.7 Å². The maximum absolute atomic E-state index is 11.6. The van der Waals surface area contributed by atoms with Gasteiger partial charge in [0.15, 0.2) is 0 Å². The highest BCUT2D eigenvalue weighted by molar-refractivity contribution is 7.85. The van der Waals surface area contributed by atoms with Crippen LogP contribution in [-0.4, -0.2) is 58.5 Å². The van der Waals surface area contributed by atoms with E-state index in [9.17, 15) is 18.5 Å². The fourth-order valence-corrected chi connectivity index (χ4v) is 3.77. The number of benzene rings is 2. The van der Waals surface area contributed by atoms with Crippen LogP contribution in [-0.2, 0) is 16.7 Å². The van der Waals surface area contributed by atoms with E-state index in [1.165, 1.54) is 0 Å². The number of aromatic nitrogens is 2. The van der Waals surface area contributed by atoms with Gasteiger partial charge in [0.25, 0.3) is 15.8 Å². The summed E-state index contributed by atoms with van der Waals surface area (Å²) in [5.74, 6) is 0. The SMILES string of the molecule is CCN(CC)CCn1nc2c3c(c([N+](=O)[O-])ccc31)Nc1ccc(C)cc1-2.CS(=O)(=O)O. The number of anilines is 2. The molecule has 2 N–H and O–H groups in total. The average Bonchev–Trinajstić information content (AvgIpc) is 3.08. The number of hydrogen-bond acceptors (Lipinski definition) is 7. The number of likely N-dealkylation sites (N-methyl/N-ethyl adjacent to an activating group) is 1. The average molecular weight is 462 g/mol. The van der Waals surface area contributed by atoms with Crippen LogP contribution in [0.15, 0.2) is 30.3 Å². The van der Waals surface area contributed by atoms with Crippen molar-refractivity contribution in [3.05, 3.63) is 46.0 Å². The Morgan fingerprint density at radius 3 is 2.47 bits per heavy atom. The van der Waals surface area contributed by atoms with Gasteiger partial charge in [0.1, 0.15) is 11.4 Å². The van der Waals surface area contributed by atoms with Crippen LogP contribution in [0.25, 0.3) is 22.2 Å². The second kappa shape index (κ2) is 9.23. The predicted molar refractivity (Wildman–Crippen MR) is 125 cm³/mol. The van der Waals surface area contributed by atoms with Gasteiger partial charge in [-0.25, -0.2) is 0 Å². The minimum Gasteiger partial charge on any atom is -0.349 e. The molecule has 1 aromatic heterocycles. The Kier molecular flexibility index (Phi) is 6.82. The number of nitro groups is 1. The van der Waals surface area contributed by atoms with Crippen molar-refractivity contribution in [3.8, 4) is 11.3 Å². The fraction of sp³-hybridized carbons (Fsp3) is 0.381. The molecule has 11 heteroatoms. The lowest BCUT2D eigenvalue weighted by atomic mass is 9.98. The number of nitrogens with one attached hydrogen (secondary N) is 1. The summed E-state index contributed by atoms with van der Waals surface area (Å²) in [5, 5.41) is 20.5. The van der Waals surface area contributed by atoms with Crippen molar-refractivity contribution in [1.29, 1.82) is 0 Å². The Morgan fingerprint density at radius 2 is 1.88 bits per heavy atom. The van der Waals surface area contributed by atoms with E-state index < -0.39 is 10.1 Å². The second-order valence-corrected chi connectivity index (χ2v) is 9.08. The highest BCUT2D eigenvalue weighted by atomic mass is 32.2. The van der Waals surface area contributed by atoms with E-state index in [-0.39, 0.29) is 10.6 Å². The van der Waals surface area contributed by atoms with Crippen LogP contribution in [0.4, 0.5) is 17.1 Å². The van der Waals surface area contributed by atoms with Gasteiger partial charge >= 0.3 is 0 Å². The molecule has 0 spiro atoms. The molecule has 0 radical (unpaired) electrons. The first kappa shape index (κ1) is 23.6.